The van der Waals surface area contributed by atoms with Crippen molar-refractivity contribution in [1.29, 1.82) is 0 Å². The molecule has 1 fully saturated rings. The summed E-state index contributed by atoms with van der Waals surface area (Å²) in [4.78, 5) is 40.8. The van der Waals surface area contributed by atoms with Gasteiger partial charge in [0.2, 0.25) is 5.91 Å². The Balaban J connectivity index is 3.30. The van der Waals surface area contributed by atoms with E-state index in [4.69, 9.17) is 25.4 Å². The van der Waals surface area contributed by atoms with Crippen molar-refractivity contribution in [2.24, 2.45) is 5.73 Å². The van der Waals surface area contributed by atoms with Gasteiger partial charge in [0.1, 0.15) is 18.3 Å². The largest absolute Gasteiger partial charge is 0.477 e. The molecular formula is C11H21N2O12P. The Morgan fingerprint density at radius 3 is 2.38 bits per heavy atom. The lowest BCUT2D eigenvalue weighted by Crippen LogP contribution is -2.68. The molecular weight excluding hydrogens is 383 g/mol. The van der Waals surface area contributed by atoms with Crippen LogP contribution in [0.5, 0.6) is 0 Å². The Morgan fingerprint density at radius 1 is 1.38 bits per heavy atom. The van der Waals surface area contributed by atoms with Crippen LogP contribution in [0, 0.1) is 0 Å². The third-order valence-corrected chi connectivity index (χ3v) is 4.13. The molecule has 152 valence electrons. The van der Waals surface area contributed by atoms with Crippen LogP contribution in [0.3, 0.4) is 0 Å². The minimum atomic E-state index is -5.44. The van der Waals surface area contributed by atoms with Gasteiger partial charge in [-0.2, -0.15) is 0 Å². The van der Waals surface area contributed by atoms with Crippen LogP contribution in [0.4, 0.5) is 0 Å². The molecule has 0 spiro atoms. The molecule has 1 saturated heterocycles. The Morgan fingerprint density at radius 2 is 1.96 bits per heavy atom. The lowest BCUT2D eigenvalue weighted by atomic mass is 9.88. The number of nitrogens with two attached hydrogens (primary N) is 1. The van der Waals surface area contributed by atoms with E-state index in [2.05, 4.69) is 9.84 Å². The van der Waals surface area contributed by atoms with Crippen molar-refractivity contribution in [3.63, 3.8) is 0 Å². The number of carboxylic acid groups (broad SMARTS) is 1. The summed E-state index contributed by atoms with van der Waals surface area (Å²) < 4.78 is 20.2. The summed E-state index contributed by atoms with van der Waals surface area (Å²) >= 11 is 0. The van der Waals surface area contributed by atoms with Gasteiger partial charge in [-0.15, -0.1) is 0 Å². The molecule has 0 aromatic rings. The second-order valence-electron chi connectivity index (χ2n) is 5.53. The summed E-state index contributed by atoms with van der Waals surface area (Å²) in [5.74, 6) is -5.98. The summed E-state index contributed by atoms with van der Waals surface area (Å²) in [5.41, 5.74) is 5.12. The number of aliphatic hydroxyl groups is 4. The fourth-order valence-electron chi connectivity index (χ4n) is 2.42. The van der Waals surface area contributed by atoms with Gasteiger partial charge in [-0.3, -0.25) is 4.79 Å². The second-order valence-corrected chi connectivity index (χ2v) is 6.70. The molecule has 1 aliphatic rings. The number of rotatable bonds is 8. The van der Waals surface area contributed by atoms with Crippen molar-refractivity contribution in [2.45, 2.75) is 42.7 Å². The van der Waals surface area contributed by atoms with Crippen molar-refractivity contribution in [1.82, 2.24) is 5.32 Å². The normalized spacial score (nSPS) is 31.9. The molecule has 26 heavy (non-hydrogen) atoms. The highest BCUT2D eigenvalue weighted by molar-refractivity contribution is 7.46. The molecule has 1 aliphatic heterocycles. The maximum Gasteiger partial charge on any atom is 0.472 e. The molecule has 0 unspecified atom stereocenters. The van der Waals surface area contributed by atoms with Crippen LogP contribution in [0.1, 0.15) is 6.42 Å². The molecule has 1 rings (SSSR count). The van der Waals surface area contributed by atoms with E-state index in [0.29, 0.717) is 0 Å². The SMILES string of the molecule is NCC(=O)N[C@H]1[C@H]([C@H](O)[C@H](O)CO)O[C@](OP(=O)(O)O)(C(=O)O)C[C@@H]1O. The molecule has 15 heteroatoms. The first-order valence-electron chi connectivity index (χ1n) is 7.19. The van der Waals surface area contributed by atoms with Gasteiger partial charge in [0.25, 0.3) is 5.79 Å². The number of carboxylic acids is 1. The maximum atomic E-state index is 11.5. The summed E-state index contributed by atoms with van der Waals surface area (Å²) in [6.07, 6.45) is -8.78. The van der Waals surface area contributed by atoms with E-state index in [9.17, 15) is 34.6 Å². The van der Waals surface area contributed by atoms with E-state index >= 15 is 0 Å². The molecule has 10 N–H and O–H groups in total. The van der Waals surface area contributed by atoms with Gasteiger partial charge in [-0.1, -0.05) is 0 Å². The number of hydrogen-bond acceptors (Lipinski definition) is 10. The number of carbonyl (C=O) groups is 2. The van der Waals surface area contributed by atoms with Gasteiger partial charge < -0.3 is 51.1 Å². The first kappa shape index (κ1) is 22.9. The lowest BCUT2D eigenvalue weighted by molar-refractivity contribution is -0.288. The number of phosphoric ester groups is 1. The van der Waals surface area contributed by atoms with Crippen LogP contribution in [-0.4, -0.2) is 96.6 Å². The Bertz CT molecular complexity index is 569. The van der Waals surface area contributed by atoms with Crippen molar-refractivity contribution in [2.75, 3.05) is 13.2 Å². The molecule has 0 aromatic carbocycles. The minimum Gasteiger partial charge on any atom is -0.477 e. The van der Waals surface area contributed by atoms with E-state index in [1.165, 1.54) is 0 Å². The molecule has 0 saturated carbocycles. The molecule has 0 aromatic heterocycles. The van der Waals surface area contributed by atoms with Gasteiger partial charge in [0, 0.05) is 6.42 Å². The lowest BCUT2D eigenvalue weighted by Gasteiger charge is -2.46. The average molecular weight is 404 g/mol. The van der Waals surface area contributed by atoms with Gasteiger partial charge in [0.05, 0.1) is 25.3 Å². The number of aliphatic carboxylic acids is 1. The zero-order chi connectivity index (χ0) is 20.3. The third kappa shape index (κ3) is 5.40. The summed E-state index contributed by atoms with van der Waals surface area (Å²) in [6.45, 7) is -1.55. The summed E-state index contributed by atoms with van der Waals surface area (Å²) in [7, 11) is -5.44. The molecule has 0 radical (unpaired) electrons. The fourth-order valence-corrected chi connectivity index (χ4v) is 3.00. The van der Waals surface area contributed by atoms with Gasteiger partial charge in [-0.25, -0.2) is 13.9 Å². The van der Waals surface area contributed by atoms with E-state index in [0.717, 1.165) is 0 Å². The van der Waals surface area contributed by atoms with E-state index in [1.807, 2.05) is 0 Å². The maximum absolute atomic E-state index is 11.5. The van der Waals surface area contributed by atoms with Crippen LogP contribution >= 0.6 is 7.82 Å². The number of phosphoric acid groups is 1. The molecule has 1 amide bonds. The molecule has 14 nitrogen and oxygen atoms in total. The highest BCUT2D eigenvalue weighted by Gasteiger charge is 2.58. The highest BCUT2D eigenvalue weighted by Crippen LogP contribution is 2.46. The van der Waals surface area contributed by atoms with Gasteiger partial charge >= 0.3 is 13.8 Å². The first-order chi connectivity index (χ1) is 11.9. The topological polar surface area (TPSA) is 249 Å². The first-order valence-corrected chi connectivity index (χ1v) is 8.72. The summed E-state index contributed by atoms with van der Waals surface area (Å²) in [5, 5.41) is 50.2. The quantitative estimate of drug-likeness (QED) is 0.172. The van der Waals surface area contributed by atoms with E-state index < -0.39 is 75.5 Å². The van der Waals surface area contributed by atoms with Crippen LogP contribution in [0.2, 0.25) is 0 Å². The fraction of sp³-hybridized carbons (Fsp3) is 0.818. The standard InChI is InChI=1S/C11H21N2O12P/c12-2-6(17)13-7-4(15)1-11(10(19)20,25-26(21,22)23)24-9(7)8(18)5(16)3-14/h4-5,7-9,14-16,18H,1-3,12H2,(H,13,17)(H,19,20)(H2,21,22,23)/t4-,5+,7+,8+,9+,11+/m0/s1. The van der Waals surface area contributed by atoms with Crippen molar-refractivity contribution in [3.8, 4) is 0 Å². The molecule has 6 atom stereocenters. The van der Waals surface area contributed by atoms with E-state index in [1.54, 1.807) is 0 Å². The molecule has 0 bridgehead atoms. The van der Waals surface area contributed by atoms with Crippen LogP contribution in [-0.2, 0) is 23.4 Å². The average Bonchev–Trinajstić information content (AvgIpc) is 2.53. The smallest absolute Gasteiger partial charge is 0.472 e. The molecule has 1 heterocycles. The predicted octanol–water partition coefficient (Wildman–Crippen LogP) is -4.82. The number of amides is 1. The number of carbonyl (C=O) groups excluding carboxylic acids is 1. The molecule has 0 aliphatic carbocycles. The number of ether oxygens (including phenoxy) is 1. The minimum absolute atomic E-state index is 0.544. The van der Waals surface area contributed by atoms with Crippen molar-refractivity contribution >= 4 is 19.7 Å². The highest BCUT2D eigenvalue weighted by atomic mass is 31.2. The number of hydrogen-bond donors (Lipinski definition) is 9. The van der Waals surface area contributed by atoms with Gasteiger partial charge in [0.15, 0.2) is 0 Å². The van der Waals surface area contributed by atoms with E-state index in [-0.39, 0.29) is 0 Å². The third-order valence-electron chi connectivity index (χ3n) is 3.60. The van der Waals surface area contributed by atoms with Crippen molar-refractivity contribution < 1.29 is 58.7 Å². The second kappa shape index (κ2) is 8.67. The van der Waals surface area contributed by atoms with Crippen LogP contribution < -0.4 is 11.1 Å². The number of aliphatic hydroxyl groups excluding tert-OH is 4. The Kier molecular flexibility index (Phi) is 7.62. The summed E-state index contributed by atoms with van der Waals surface area (Å²) in [6, 6.07) is -1.53. The van der Waals surface area contributed by atoms with Crippen LogP contribution in [0.15, 0.2) is 0 Å². The zero-order valence-electron chi connectivity index (χ0n) is 13.2. The zero-order valence-corrected chi connectivity index (χ0v) is 14.1. The number of nitrogens with one attached hydrogen (secondary N) is 1. The monoisotopic (exact) mass is 404 g/mol. The Labute approximate surface area is 146 Å². The Hall–Kier alpha value is -1.19. The van der Waals surface area contributed by atoms with Gasteiger partial charge in [-0.05, 0) is 0 Å². The predicted molar refractivity (Wildman–Crippen MR) is 79.1 cm³/mol. The van der Waals surface area contributed by atoms with Crippen LogP contribution in [0.25, 0.3) is 0 Å². The van der Waals surface area contributed by atoms with Crippen molar-refractivity contribution in [3.05, 3.63) is 0 Å².